The molecule has 124 valence electrons. The number of ether oxygens (including phenoxy) is 2. The molecule has 1 aromatic rings. The lowest BCUT2D eigenvalue weighted by molar-refractivity contribution is -0.315. The van der Waals surface area contributed by atoms with Gasteiger partial charge < -0.3 is 9.47 Å². The monoisotopic (exact) mass is 307 g/mol. The number of hydrogen-bond acceptors (Lipinski definition) is 4. The van der Waals surface area contributed by atoms with E-state index in [0.717, 1.165) is 29.9 Å². The molecule has 0 aliphatic carbocycles. The van der Waals surface area contributed by atoms with Gasteiger partial charge in [-0.3, -0.25) is 4.84 Å². The third-order valence-electron chi connectivity index (χ3n) is 4.20. The summed E-state index contributed by atoms with van der Waals surface area (Å²) in [7, 11) is 3.35. The molecule has 0 aromatic heterocycles. The van der Waals surface area contributed by atoms with Crippen LogP contribution >= 0.6 is 0 Å². The van der Waals surface area contributed by atoms with Crippen LogP contribution in [-0.2, 0) is 4.84 Å². The molecule has 1 aromatic carbocycles. The average Bonchev–Trinajstić information content (AvgIpc) is 2.45. The van der Waals surface area contributed by atoms with Crippen molar-refractivity contribution in [3.05, 3.63) is 23.8 Å². The molecule has 0 saturated carbocycles. The molecule has 1 fully saturated rings. The van der Waals surface area contributed by atoms with Crippen molar-refractivity contribution in [3.63, 3.8) is 0 Å². The van der Waals surface area contributed by atoms with Crippen molar-refractivity contribution in [2.45, 2.75) is 64.6 Å². The lowest BCUT2D eigenvalue weighted by atomic mass is 9.88. The molecule has 0 spiro atoms. The van der Waals surface area contributed by atoms with Crippen molar-refractivity contribution in [3.8, 4) is 11.5 Å². The molecular formula is C18H29NO3. The molecule has 1 aliphatic heterocycles. The van der Waals surface area contributed by atoms with E-state index in [4.69, 9.17) is 14.3 Å². The van der Waals surface area contributed by atoms with Crippen molar-refractivity contribution in [1.82, 2.24) is 5.06 Å². The Labute approximate surface area is 134 Å². The second kappa shape index (κ2) is 6.09. The first kappa shape index (κ1) is 17.1. The average molecular weight is 307 g/mol. The Kier molecular flexibility index (Phi) is 4.73. The molecule has 4 nitrogen and oxygen atoms in total. The number of benzene rings is 1. The van der Waals surface area contributed by atoms with Crippen LogP contribution in [0.1, 0.15) is 59.1 Å². The molecule has 1 aliphatic rings. The van der Waals surface area contributed by atoms with Crippen molar-refractivity contribution in [2.24, 2.45) is 0 Å². The Morgan fingerprint density at radius 2 is 1.86 bits per heavy atom. The van der Waals surface area contributed by atoms with Crippen LogP contribution in [0.25, 0.3) is 0 Å². The van der Waals surface area contributed by atoms with E-state index in [1.165, 1.54) is 0 Å². The molecular weight excluding hydrogens is 278 g/mol. The summed E-state index contributed by atoms with van der Waals surface area (Å²) in [4.78, 5) is 6.38. The summed E-state index contributed by atoms with van der Waals surface area (Å²) in [6, 6.07) is 5.92. The number of hydroxylamine groups is 2. The second-order valence-corrected chi connectivity index (χ2v) is 7.52. The minimum absolute atomic E-state index is 0.00751. The van der Waals surface area contributed by atoms with Crippen LogP contribution in [0.4, 0.5) is 0 Å². The normalized spacial score (nSPS) is 22.4. The summed E-state index contributed by atoms with van der Waals surface area (Å²) < 4.78 is 10.8. The van der Waals surface area contributed by atoms with Crippen LogP contribution in [0.5, 0.6) is 11.5 Å². The fourth-order valence-corrected chi connectivity index (χ4v) is 3.27. The van der Waals surface area contributed by atoms with Crippen molar-refractivity contribution in [2.75, 3.05) is 14.2 Å². The van der Waals surface area contributed by atoms with Crippen molar-refractivity contribution < 1.29 is 14.3 Å². The zero-order chi connectivity index (χ0) is 16.5. The van der Waals surface area contributed by atoms with Gasteiger partial charge in [-0.2, -0.15) is 5.06 Å². The Balaban J connectivity index is 2.31. The Bertz CT molecular complexity index is 520. The van der Waals surface area contributed by atoms with Crippen LogP contribution in [-0.4, -0.2) is 30.4 Å². The van der Waals surface area contributed by atoms with E-state index in [1.54, 1.807) is 14.2 Å². The minimum Gasteiger partial charge on any atom is -0.497 e. The molecule has 4 heteroatoms. The predicted molar refractivity (Wildman–Crippen MR) is 88.3 cm³/mol. The number of methoxy groups -OCH3 is 2. The quantitative estimate of drug-likeness (QED) is 0.830. The number of nitrogens with zero attached hydrogens (tertiary/aromatic N) is 1. The lowest BCUT2D eigenvalue weighted by Gasteiger charge is -2.51. The highest BCUT2D eigenvalue weighted by molar-refractivity contribution is 5.42. The Hall–Kier alpha value is -1.26. The Morgan fingerprint density at radius 1 is 1.18 bits per heavy atom. The zero-order valence-corrected chi connectivity index (χ0v) is 14.9. The highest BCUT2D eigenvalue weighted by atomic mass is 16.7. The summed E-state index contributed by atoms with van der Waals surface area (Å²) >= 11 is 0. The summed E-state index contributed by atoms with van der Waals surface area (Å²) in [6.45, 7) is 11.0. The molecule has 2 rings (SSSR count). The molecule has 22 heavy (non-hydrogen) atoms. The maximum absolute atomic E-state index is 6.38. The third-order valence-corrected chi connectivity index (χ3v) is 4.20. The zero-order valence-electron chi connectivity index (χ0n) is 14.9. The van der Waals surface area contributed by atoms with E-state index in [2.05, 4.69) is 39.7 Å². The van der Waals surface area contributed by atoms with Crippen LogP contribution < -0.4 is 9.47 Å². The standard InChI is InChI=1S/C18H29NO3/c1-17(2,3)19-18(4,5)11-10-15(22-19)14-9-8-13(20-6)12-16(14)21-7/h8-9,12,15H,10-11H2,1-7H3. The van der Waals surface area contributed by atoms with Gasteiger partial charge in [0, 0.05) is 22.7 Å². The number of rotatable bonds is 3. The lowest BCUT2D eigenvalue weighted by Crippen LogP contribution is -2.56. The van der Waals surface area contributed by atoms with Crippen LogP contribution in [0.3, 0.4) is 0 Å². The maximum atomic E-state index is 6.38. The molecule has 1 unspecified atom stereocenters. The number of hydrogen-bond donors (Lipinski definition) is 0. The fourth-order valence-electron chi connectivity index (χ4n) is 3.27. The first-order valence-corrected chi connectivity index (χ1v) is 7.88. The van der Waals surface area contributed by atoms with E-state index in [1.807, 2.05) is 18.2 Å². The van der Waals surface area contributed by atoms with Crippen LogP contribution in [0, 0.1) is 0 Å². The van der Waals surface area contributed by atoms with Crippen LogP contribution in [0.2, 0.25) is 0 Å². The van der Waals surface area contributed by atoms with Gasteiger partial charge >= 0.3 is 0 Å². The van der Waals surface area contributed by atoms with E-state index in [-0.39, 0.29) is 17.2 Å². The molecule has 1 heterocycles. The molecule has 0 radical (unpaired) electrons. The van der Waals surface area contributed by atoms with Gasteiger partial charge in [0.05, 0.1) is 14.2 Å². The van der Waals surface area contributed by atoms with Gasteiger partial charge in [-0.1, -0.05) is 0 Å². The highest BCUT2D eigenvalue weighted by Crippen LogP contribution is 2.43. The summed E-state index contributed by atoms with van der Waals surface area (Å²) in [5.74, 6) is 1.61. The molecule has 0 N–H and O–H groups in total. The van der Waals surface area contributed by atoms with Gasteiger partial charge in [-0.15, -0.1) is 0 Å². The smallest absolute Gasteiger partial charge is 0.128 e. The summed E-state index contributed by atoms with van der Waals surface area (Å²) in [5, 5.41) is 2.14. The molecule has 0 bridgehead atoms. The summed E-state index contributed by atoms with van der Waals surface area (Å²) in [6.07, 6.45) is 2.06. The first-order chi connectivity index (χ1) is 10.2. The van der Waals surface area contributed by atoms with Crippen molar-refractivity contribution >= 4 is 0 Å². The maximum Gasteiger partial charge on any atom is 0.128 e. The van der Waals surface area contributed by atoms with Gasteiger partial charge in [-0.25, -0.2) is 0 Å². The van der Waals surface area contributed by atoms with E-state index in [0.29, 0.717) is 0 Å². The largest absolute Gasteiger partial charge is 0.497 e. The van der Waals surface area contributed by atoms with Gasteiger partial charge in [0.15, 0.2) is 0 Å². The molecule has 0 amide bonds. The van der Waals surface area contributed by atoms with Gasteiger partial charge in [0.1, 0.15) is 17.6 Å². The molecule has 1 saturated heterocycles. The second-order valence-electron chi connectivity index (χ2n) is 7.52. The van der Waals surface area contributed by atoms with Gasteiger partial charge in [0.25, 0.3) is 0 Å². The van der Waals surface area contributed by atoms with E-state index in [9.17, 15) is 0 Å². The van der Waals surface area contributed by atoms with Gasteiger partial charge in [0.2, 0.25) is 0 Å². The minimum atomic E-state index is -0.0537. The SMILES string of the molecule is COc1ccc(C2CCC(C)(C)N(C(C)(C)C)O2)c(OC)c1. The van der Waals surface area contributed by atoms with Gasteiger partial charge in [-0.05, 0) is 59.6 Å². The van der Waals surface area contributed by atoms with E-state index < -0.39 is 0 Å². The van der Waals surface area contributed by atoms with Crippen molar-refractivity contribution in [1.29, 1.82) is 0 Å². The topological polar surface area (TPSA) is 30.9 Å². The Morgan fingerprint density at radius 3 is 2.41 bits per heavy atom. The predicted octanol–water partition coefficient (Wildman–Crippen LogP) is 4.35. The highest BCUT2D eigenvalue weighted by Gasteiger charge is 2.42. The summed E-state index contributed by atoms with van der Waals surface area (Å²) in [5.41, 5.74) is 1.05. The van der Waals surface area contributed by atoms with Crippen LogP contribution in [0.15, 0.2) is 18.2 Å². The van der Waals surface area contributed by atoms with E-state index >= 15 is 0 Å². The molecule has 1 atom stereocenters. The third kappa shape index (κ3) is 3.39. The first-order valence-electron chi connectivity index (χ1n) is 7.88. The fraction of sp³-hybridized carbons (Fsp3) is 0.667.